The van der Waals surface area contributed by atoms with Crippen LogP contribution in [0.15, 0.2) is 46.8 Å². The van der Waals surface area contributed by atoms with Gasteiger partial charge in [0, 0.05) is 17.8 Å². The molecule has 3 aromatic heterocycles. The molecule has 1 fully saturated rings. The third kappa shape index (κ3) is 6.29. The zero-order valence-electron chi connectivity index (χ0n) is 18.7. The number of thiophene rings is 1. The predicted molar refractivity (Wildman–Crippen MR) is 134 cm³/mol. The van der Waals surface area contributed by atoms with E-state index in [4.69, 9.17) is 9.32 Å². The van der Waals surface area contributed by atoms with E-state index in [1.807, 2.05) is 0 Å². The molecule has 186 valence electrons. The molecular formula is C22H24BrN5O5S2. The number of hydrogen-bond acceptors (Lipinski definition) is 10. The van der Waals surface area contributed by atoms with Gasteiger partial charge in [0.25, 0.3) is 0 Å². The zero-order valence-corrected chi connectivity index (χ0v) is 21.9. The van der Waals surface area contributed by atoms with Crippen molar-refractivity contribution in [2.24, 2.45) is 11.1 Å². The fourth-order valence-corrected chi connectivity index (χ4v) is 5.71. The molecule has 0 amide bonds. The van der Waals surface area contributed by atoms with Crippen molar-refractivity contribution in [2.75, 3.05) is 11.9 Å². The van der Waals surface area contributed by atoms with Crippen LogP contribution in [0.25, 0.3) is 0 Å². The summed E-state index contributed by atoms with van der Waals surface area (Å²) in [5.74, 6) is 0.161. The van der Waals surface area contributed by atoms with Gasteiger partial charge in [0.1, 0.15) is 22.3 Å². The molecule has 1 aliphatic rings. The maximum Gasteiger partial charge on any atom is 0.333 e. The topological polar surface area (TPSA) is 157 Å². The monoisotopic (exact) mass is 581 g/mol. The molecular weight excluding hydrogens is 558 g/mol. The van der Waals surface area contributed by atoms with Crippen LogP contribution in [0.5, 0.6) is 0 Å². The van der Waals surface area contributed by atoms with E-state index in [0.717, 1.165) is 12.8 Å². The van der Waals surface area contributed by atoms with Gasteiger partial charge in [0.2, 0.25) is 5.78 Å². The molecule has 0 aliphatic heterocycles. The largest absolute Gasteiger partial charge is 0.379 e. The highest BCUT2D eigenvalue weighted by molar-refractivity contribution is 9.10. The third-order valence-corrected chi connectivity index (χ3v) is 7.74. The van der Waals surface area contributed by atoms with E-state index in [1.165, 1.54) is 23.9 Å². The minimum Gasteiger partial charge on any atom is -0.379 e. The Labute approximate surface area is 215 Å². The second-order valence-electron chi connectivity index (χ2n) is 8.53. The van der Waals surface area contributed by atoms with Crippen LogP contribution in [0.1, 0.15) is 52.7 Å². The summed E-state index contributed by atoms with van der Waals surface area (Å²) in [6.07, 6.45) is 5.00. The molecule has 0 bridgehead atoms. The number of rotatable bonds is 9. The predicted octanol–water partition coefficient (Wildman–Crippen LogP) is 2.98. The Kier molecular flexibility index (Phi) is 7.64. The molecule has 3 atom stereocenters. The summed E-state index contributed by atoms with van der Waals surface area (Å²) < 4.78 is 27.4. The molecule has 10 nitrogen and oxygen atoms in total. The quantitative estimate of drug-likeness (QED) is 0.255. The van der Waals surface area contributed by atoms with Crippen LogP contribution in [0.2, 0.25) is 0 Å². The number of pyridine rings is 1. The fourth-order valence-electron chi connectivity index (χ4n) is 4.02. The molecule has 4 rings (SSSR count). The normalized spacial score (nSPS) is 19.9. The first-order valence-electron chi connectivity index (χ1n) is 10.8. The summed E-state index contributed by atoms with van der Waals surface area (Å²) in [7, 11) is -3.97. The van der Waals surface area contributed by atoms with Crippen LogP contribution in [0.4, 0.5) is 5.82 Å². The van der Waals surface area contributed by atoms with Gasteiger partial charge < -0.3 is 10.4 Å². The Morgan fingerprint density at radius 2 is 2.20 bits per heavy atom. The minimum atomic E-state index is -3.97. The van der Waals surface area contributed by atoms with Gasteiger partial charge in [-0.15, -0.1) is 11.3 Å². The number of carbonyl (C=O) groups excluding carboxylic acids is 1. The fraction of sp³-hybridized carbons (Fsp3) is 0.364. The maximum absolute atomic E-state index is 13.3. The van der Waals surface area contributed by atoms with Gasteiger partial charge >= 0.3 is 10.3 Å². The van der Waals surface area contributed by atoms with E-state index in [1.54, 1.807) is 36.6 Å². The maximum atomic E-state index is 13.3. The van der Waals surface area contributed by atoms with Gasteiger partial charge in [0.15, 0.2) is 0 Å². The van der Waals surface area contributed by atoms with Crippen molar-refractivity contribution in [1.29, 1.82) is 0 Å². The van der Waals surface area contributed by atoms with E-state index in [-0.39, 0.29) is 24.3 Å². The summed E-state index contributed by atoms with van der Waals surface area (Å²) in [5, 5.41) is 21.1. The van der Waals surface area contributed by atoms with Crippen LogP contribution in [0.3, 0.4) is 0 Å². The van der Waals surface area contributed by atoms with E-state index in [0.29, 0.717) is 38.5 Å². The molecule has 0 saturated heterocycles. The number of nitrogens with one attached hydrogen (secondary N) is 1. The number of anilines is 1. The Bertz CT molecular complexity index is 1330. The van der Waals surface area contributed by atoms with Gasteiger partial charge in [-0.1, -0.05) is 6.07 Å². The number of halogens is 1. The minimum absolute atomic E-state index is 0.00670. The summed E-state index contributed by atoms with van der Waals surface area (Å²) in [6, 6.07) is 6.93. The van der Waals surface area contributed by atoms with Crippen molar-refractivity contribution in [3.05, 3.63) is 68.5 Å². The number of aliphatic hydroxyl groups is 1. The zero-order chi connectivity index (χ0) is 25.2. The lowest BCUT2D eigenvalue weighted by atomic mass is 9.94. The van der Waals surface area contributed by atoms with Crippen molar-refractivity contribution in [1.82, 2.24) is 15.0 Å². The molecule has 0 spiro atoms. The van der Waals surface area contributed by atoms with Gasteiger partial charge in [-0.05, 0) is 71.6 Å². The molecule has 13 heteroatoms. The van der Waals surface area contributed by atoms with E-state index in [9.17, 15) is 18.3 Å². The van der Waals surface area contributed by atoms with Gasteiger partial charge in [-0.2, -0.15) is 8.42 Å². The molecule has 0 unspecified atom stereocenters. The summed E-state index contributed by atoms with van der Waals surface area (Å²) in [4.78, 5) is 26.4. The van der Waals surface area contributed by atoms with E-state index < -0.39 is 15.9 Å². The lowest BCUT2D eigenvalue weighted by Gasteiger charge is -2.21. The second-order valence-corrected chi connectivity index (χ2v) is 11.5. The van der Waals surface area contributed by atoms with E-state index >= 15 is 0 Å². The first-order valence-corrected chi connectivity index (χ1v) is 13.9. The number of hydrogen-bond donors (Lipinski definition) is 3. The van der Waals surface area contributed by atoms with Crippen molar-refractivity contribution in [2.45, 2.75) is 37.8 Å². The Balaban J connectivity index is 1.49. The van der Waals surface area contributed by atoms with Crippen molar-refractivity contribution in [3.63, 3.8) is 0 Å². The number of nitrogens with zero attached hydrogens (tertiary/aromatic N) is 3. The van der Waals surface area contributed by atoms with Gasteiger partial charge in [-0.3, -0.25) is 8.98 Å². The van der Waals surface area contributed by atoms with Crippen LogP contribution in [-0.2, 0) is 20.1 Å². The molecule has 4 N–H and O–H groups in total. The average molecular weight is 583 g/mol. The first-order chi connectivity index (χ1) is 16.5. The number of nitrogens with two attached hydrogens (primary N) is 1. The summed E-state index contributed by atoms with van der Waals surface area (Å²) in [6.45, 7) is 1.66. The van der Waals surface area contributed by atoms with Crippen LogP contribution < -0.4 is 10.5 Å². The molecule has 1 saturated carbocycles. The molecule has 0 aromatic carbocycles. The standard InChI is InChI=1S/C22H24BrN5O5S2/c1-22(30,18-3-2-4-19(23)28-18)14-8-17(34-11-14)20(29)16-9-25-12-26-21(16)27-15-6-5-13(7-15)10-33-35(24,31)32/h2-4,8-9,11-13,15,30H,5-7,10H2,1H3,(H2,24,31,32)(H,25,26,27)/t13-,15+,22-/m1/s1. The molecule has 35 heavy (non-hydrogen) atoms. The van der Waals surface area contributed by atoms with Crippen LogP contribution >= 0.6 is 27.3 Å². The summed E-state index contributed by atoms with van der Waals surface area (Å²) in [5.41, 5.74) is -0.0664. The van der Waals surface area contributed by atoms with Gasteiger partial charge in [0.05, 0.1) is 22.7 Å². The molecule has 0 radical (unpaired) electrons. The third-order valence-electron chi connectivity index (χ3n) is 5.91. The Hall–Kier alpha value is -2.29. The van der Waals surface area contributed by atoms with Crippen LogP contribution in [-0.4, -0.2) is 46.9 Å². The van der Waals surface area contributed by atoms with Gasteiger partial charge in [-0.25, -0.2) is 20.1 Å². The highest BCUT2D eigenvalue weighted by atomic mass is 79.9. The number of carbonyl (C=O) groups is 1. The SMILES string of the molecule is C[C@@](O)(c1csc(C(=O)c2cncnc2N[C@H]2CC[C@@H](COS(N)(=O)=O)C2)c1)c1cccc(Br)n1. The number of aromatic nitrogens is 3. The van der Waals surface area contributed by atoms with Crippen LogP contribution in [0, 0.1) is 5.92 Å². The van der Waals surface area contributed by atoms with Crippen molar-refractivity contribution in [3.8, 4) is 0 Å². The average Bonchev–Trinajstić information content (AvgIpc) is 3.48. The smallest absolute Gasteiger partial charge is 0.333 e. The molecule has 3 heterocycles. The lowest BCUT2D eigenvalue weighted by molar-refractivity contribution is 0.0975. The van der Waals surface area contributed by atoms with Crippen molar-refractivity contribution < 1.29 is 22.5 Å². The first kappa shape index (κ1) is 25.8. The lowest BCUT2D eigenvalue weighted by Crippen LogP contribution is -2.23. The summed E-state index contributed by atoms with van der Waals surface area (Å²) >= 11 is 4.54. The highest BCUT2D eigenvalue weighted by Crippen LogP contribution is 2.34. The molecule has 3 aromatic rings. The molecule has 1 aliphatic carbocycles. The van der Waals surface area contributed by atoms with E-state index in [2.05, 4.69) is 36.2 Å². The Morgan fingerprint density at radius 1 is 1.40 bits per heavy atom. The Morgan fingerprint density at radius 3 is 2.94 bits per heavy atom. The van der Waals surface area contributed by atoms with Crippen molar-refractivity contribution >= 4 is 49.2 Å². The highest BCUT2D eigenvalue weighted by Gasteiger charge is 2.31. The number of ketones is 1. The second kappa shape index (κ2) is 10.4.